The lowest BCUT2D eigenvalue weighted by Gasteiger charge is -2.28. The molecule has 0 spiro atoms. The van der Waals surface area contributed by atoms with Gasteiger partial charge in [-0.1, -0.05) is 11.8 Å². The van der Waals surface area contributed by atoms with Crippen molar-refractivity contribution >= 4 is 22.8 Å². The summed E-state index contributed by atoms with van der Waals surface area (Å²) in [6, 6.07) is -0.0522. The number of fused-ring (bicyclic) bond motifs is 1. The first kappa shape index (κ1) is 11.0. The van der Waals surface area contributed by atoms with Crippen LogP contribution in [0.5, 0.6) is 0 Å². The summed E-state index contributed by atoms with van der Waals surface area (Å²) in [6.45, 7) is 3.51. The van der Waals surface area contributed by atoms with E-state index in [9.17, 15) is 4.79 Å². The van der Waals surface area contributed by atoms with E-state index in [4.69, 9.17) is 9.47 Å². The number of rotatable bonds is 2. The first-order chi connectivity index (χ1) is 7.15. The van der Waals surface area contributed by atoms with Crippen molar-refractivity contribution in [1.29, 1.82) is 0 Å². The van der Waals surface area contributed by atoms with Crippen molar-refractivity contribution in [3.8, 4) is 0 Å². The van der Waals surface area contributed by atoms with Gasteiger partial charge in [0.05, 0.1) is 11.1 Å². The molecule has 2 rings (SSSR count). The highest BCUT2D eigenvalue weighted by molar-refractivity contribution is 8.14. The second-order valence-corrected chi connectivity index (χ2v) is 4.59. The summed E-state index contributed by atoms with van der Waals surface area (Å²) < 4.78 is 10.5. The number of carbonyl (C=O) groups excluding carboxylic acids is 1. The Morgan fingerprint density at radius 1 is 1.67 bits per heavy atom. The minimum Gasteiger partial charge on any atom is -0.463 e. The van der Waals surface area contributed by atoms with Gasteiger partial charge in [0, 0.05) is 19.8 Å². The molecule has 0 amide bonds. The van der Waals surface area contributed by atoms with Gasteiger partial charge >= 0.3 is 5.97 Å². The van der Waals surface area contributed by atoms with Gasteiger partial charge < -0.3 is 9.47 Å². The lowest BCUT2D eigenvalue weighted by molar-refractivity contribution is -0.145. The average molecular weight is 225 g/mol. The largest absolute Gasteiger partial charge is 0.463 e. The molecule has 4 nitrogen and oxygen atoms in total. The van der Waals surface area contributed by atoms with Crippen molar-refractivity contribution in [2.45, 2.75) is 31.4 Å². The van der Waals surface area contributed by atoms with E-state index in [1.165, 1.54) is 6.92 Å². The molecule has 4 radical (unpaired) electrons. The van der Waals surface area contributed by atoms with Crippen LogP contribution in [0.1, 0.15) is 13.8 Å². The first-order valence-corrected chi connectivity index (χ1v) is 5.54. The van der Waals surface area contributed by atoms with Gasteiger partial charge in [-0.25, -0.2) is 0 Å². The monoisotopic (exact) mass is 225 g/mol. The molecule has 2 aliphatic rings. The van der Waals surface area contributed by atoms with Gasteiger partial charge in [-0.05, 0) is 6.92 Å². The summed E-state index contributed by atoms with van der Waals surface area (Å²) in [7, 11) is 0. The lowest BCUT2D eigenvalue weighted by atomic mass is 10.1. The zero-order valence-corrected chi connectivity index (χ0v) is 9.34. The van der Waals surface area contributed by atoms with Gasteiger partial charge in [0.2, 0.25) is 0 Å². The Morgan fingerprint density at radius 3 is 3.20 bits per heavy atom. The van der Waals surface area contributed by atoms with Crippen LogP contribution < -0.4 is 0 Å². The average Bonchev–Trinajstić information content (AvgIpc) is 2.53. The van der Waals surface area contributed by atoms with E-state index >= 15 is 0 Å². The molecule has 3 atom stereocenters. The summed E-state index contributed by atoms with van der Waals surface area (Å²) >= 11 is 1.57. The number of carbonyl (C=O) groups is 1. The van der Waals surface area contributed by atoms with E-state index in [1.807, 2.05) is 6.92 Å². The predicted octanol–water partition coefficient (Wildman–Crippen LogP) is 0.971. The minimum atomic E-state index is -0.316. The smallest absolute Gasteiger partial charge is 0.302 e. The number of ether oxygens (including phenoxy) is 2. The number of nitrogens with zero attached hydrogens (tertiary/aromatic N) is 1. The molecule has 0 aliphatic carbocycles. The topological polar surface area (TPSA) is 47.9 Å². The van der Waals surface area contributed by atoms with Gasteiger partial charge in [-0.3, -0.25) is 9.79 Å². The third-order valence-corrected chi connectivity index (χ3v) is 3.04. The van der Waals surface area contributed by atoms with Crippen molar-refractivity contribution in [3.63, 3.8) is 0 Å². The van der Waals surface area contributed by atoms with Crippen molar-refractivity contribution in [1.82, 2.24) is 0 Å². The van der Waals surface area contributed by atoms with Crippen LogP contribution in [0.3, 0.4) is 0 Å². The van der Waals surface area contributed by atoms with Crippen molar-refractivity contribution in [3.05, 3.63) is 12.8 Å². The summed E-state index contributed by atoms with van der Waals surface area (Å²) in [5.41, 5.74) is -0.0354. The summed E-state index contributed by atoms with van der Waals surface area (Å²) in [5.74, 6) is -0.311. The maximum Gasteiger partial charge on any atom is 0.302 e. The van der Waals surface area contributed by atoms with Crippen molar-refractivity contribution in [2.75, 3.05) is 6.61 Å². The van der Waals surface area contributed by atoms with E-state index in [1.54, 1.807) is 11.8 Å². The molecule has 0 N–H and O–H groups in total. The highest BCUT2D eigenvalue weighted by atomic mass is 32.2. The van der Waals surface area contributed by atoms with Crippen LogP contribution in [-0.4, -0.2) is 35.2 Å². The van der Waals surface area contributed by atoms with Crippen LogP contribution in [0.2, 0.25) is 0 Å². The third kappa shape index (κ3) is 2.72. The molecule has 5 heteroatoms. The fraction of sp³-hybridized carbons (Fsp3) is 0.600. The molecule has 0 saturated carbocycles. The van der Waals surface area contributed by atoms with E-state index in [0.717, 1.165) is 5.04 Å². The van der Waals surface area contributed by atoms with Gasteiger partial charge in [0.25, 0.3) is 0 Å². The second kappa shape index (κ2) is 4.53. The molecular weight excluding hydrogens is 214 g/mol. The Bertz CT molecular complexity index is 292. The zero-order valence-electron chi connectivity index (χ0n) is 8.52. The van der Waals surface area contributed by atoms with Gasteiger partial charge in [-0.15, -0.1) is 0 Å². The van der Waals surface area contributed by atoms with Crippen LogP contribution in [0.15, 0.2) is 4.99 Å². The Morgan fingerprint density at radius 2 is 2.47 bits per heavy atom. The molecule has 15 heavy (non-hydrogen) atoms. The number of hydrogen-bond donors (Lipinski definition) is 0. The zero-order chi connectivity index (χ0) is 10.8. The SMILES string of the molecule is CC(=O)OC[C@H]1[C][C][C@H]2N=C(C)S[C@H]2O1. The standard InChI is InChI=1S/C10H11NO3S/c1-6-11-9-4-3-8(5-13-7(2)12)14-10(9)15-6/h8-10H,5H2,1-2H3/t8-,9-,10-/m1/s1. The van der Waals surface area contributed by atoms with Crippen LogP contribution in [-0.2, 0) is 14.3 Å². The fourth-order valence-electron chi connectivity index (χ4n) is 1.37. The number of aliphatic imine (C=N–C) groups is 1. The van der Waals surface area contributed by atoms with Crippen LogP contribution >= 0.6 is 11.8 Å². The lowest BCUT2D eigenvalue weighted by Crippen LogP contribution is -2.37. The summed E-state index contributed by atoms with van der Waals surface area (Å²) in [4.78, 5) is 14.9. The molecule has 0 aromatic heterocycles. The van der Waals surface area contributed by atoms with Gasteiger partial charge in [0.15, 0.2) is 0 Å². The van der Waals surface area contributed by atoms with Gasteiger partial charge in [0.1, 0.15) is 18.1 Å². The molecule has 2 heterocycles. The van der Waals surface area contributed by atoms with Gasteiger partial charge in [-0.2, -0.15) is 0 Å². The van der Waals surface area contributed by atoms with E-state index < -0.39 is 0 Å². The maximum absolute atomic E-state index is 10.6. The molecular formula is C10H11NO3S. The van der Waals surface area contributed by atoms with E-state index in [2.05, 4.69) is 17.8 Å². The summed E-state index contributed by atoms with van der Waals surface area (Å²) in [5, 5.41) is 0.993. The number of esters is 1. The van der Waals surface area contributed by atoms with Crippen LogP contribution in [0.25, 0.3) is 0 Å². The Hall–Kier alpha value is -0.550. The molecule has 2 aliphatic heterocycles. The predicted molar refractivity (Wildman–Crippen MR) is 56.3 cm³/mol. The molecule has 1 fully saturated rings. The quantitative estimate of drug-likeness (QED) is 0.657. The summed E-state index contributed by atoms with van der Waals surface area (Å²) in [6.07, 6.45) is 5.59. The highest BCUT2D eigenvalue weighted by Gasteiger charge is 2.37. The van der Waals surface area contributed by atoms with Crippen molar-refractivity contribution in [2.24, 2.45) is 4.99 Å². The molecule has 0 unspecified atom stereocenters. The fourth-order valence-corrected chi connectivity index (χ4v) is 2.33. The molecule has 0 aromatic rings. The Balaban J connectivity index is 1.81. The first-order valence-electron chi connectivity index (χ1n) is 4.66. The molecule has 0 aromatic carbocycles. The number of hydrogen-bond acceptors (Lipinski definition) is 5. The van der Waals surface area contributed by atoms with Crippen LogP contribution in [0, 0.1) is 12.8 Å². The third-order valence-electron chi connectivity index (χ3n) is 1.99. The highest BCUT2D eigenvalue weighted by Crippen LogP contribution is 2.34. The van der Waals surface area contributed by atoms with Crippen molar-refractivity contribution < 1.29 is 14.3 Å². The maximum atomic E-state index is 10.6. The Kier molecular flexibility index (Phi) is 3.31. The second-order valence-electron chi connectivity index (χ2n) is 3.30. The van der Waals surface area contributed by atoms with E-state index in [-0.39, 0.29) is 30.2 Å². The molecule has 80 valence electrons. The molecule has 1 saturated heterocycles. The van der Waals surface area contributed by atoms with E-state index in [0.29, 0.717) is 0 Å². The minimum absolute atomic E-state index is 0.0354. The number of thioether (sulfide) groups is 1. The normalized spacial score (nSPS) is 34.5. The molecule has 0 bridgehead atoms. The Labute approximate surface area is 93.4 Å². The van der Waals surface area contributed by atoms with Crippen LogP contribution in [0.4, 0.5) is 0 Å².